The molecule has 26 heavy (non-hydrogen) atoms. The van der Waals surface area contributed by atoms with Gasteiger partial charge in [-0.2, -0.15) is 0 Å². The molecule has 0 saturated heterocycles. The summed E-state index contributed by atoms with van der Waals surface area (Å²) in [6.45, 7) is -0.0313. The summed E-state index contributed by atoms with van der Waals surface area (Å²) in [5, 5.41) is 3.38. The number of benzene rings is 2. The summed E-state index contributed by atoms with van der Waals surface area (Å²) >= 11 is 11.8. The molecule has 0 aliphatic rings. The van der Waals surface area contributed by atoms with E-state index in [4.69, 9.17) is 23.2 Å². The minimum atomic E-state index is -3.69. The molecule has 1 N–H and O–H groups in total. The van der Waals surface area contributed by atoms with E-state index >= 15 is 0 Å². The third-order valence-corrected chi connectivity index (χ3v) is 5.23. The van der Waals surface area contributed by atoms with Gasteiger partial charge < -0.3 is 5.32 Å². The molecule has 0 aliphatic heterocycles. The van der Waals surface area contributed by atoms with Crippen molar-refractivity contribution >= 4 is 50.5 Å². The summed E-state index contributed by atoms with van der Waals surface area (Å²) in [5.74, 6) is -0.996. The van der Waals surface area contributed by atoms with Crippen molar-refractivity contribution in [3.63, 3.8) is 0 Å². The Hall–Kier alpha value is -1.83. The van der Waals surface area contributed by atoms with Crippen LogP contribution < -0.4 is 9.62 Å². The number of hydrogen-bond acceptors (Lipinski definition) is 3. The molecule has 5 nitrogen and oxygen atoms in total. The van der Waals surface area contributed by atoms with Crippen molar-refractivity contribution < 1.29 is 17.6 Å². The van der Waals surface area contributed by atoms with Crippen molar-refractivity contribution in [1.82, 2.24) is 0 Å². The molecule has 0 fully saturated rings. The van der Waals surface area contributed by atoms with Gasteiger partial charge in [-0.25, -0.2) is 12.8 Å². The maximum Gasteiger partial charge on any atom is 0.232 e. The molecule has 0 aliphatic carbocycles. The second-order valence-electron chi connectivity index (χ2n) is 5.56. The number of hydrogen-bond donors (Lipinski definition) is 1. The van der Waals surface area contributed by atoms with Gasteiger partial charge in [-0.3, -0.25) is 9.10 Å². The lowest BCUT2D eigenvalue weighted by molar-refractivity contribution is -0.116. The monoisotopic (exact) mass is 418 g/mol. The van der Waals surface area contributed by atoms with Crippen LogP contribution in [0.2, 0.25) is 10.0 Å². The topological polar surface area (TPSA) is 66.5 Å². The summed E-state index contributed by atoms with van der Waals surface area (Å²) in [6, 6.07) is 10.3. The highest BCUT2D eigenvalue weighted by Crippen LogP contribution is 2.26. The second-order valence-corrected chi connectivity index (χ2v) is 8.31. The zero-order chi connectivity index (χ0) is 19.3. The van der Waals surface area contributed by atoms with Gasteiger partial charge in [-0.15, -0.1) is 0 Å². The zero-order valence-electron chi connectivity index (χ0n) is 13.9. The zero-order valence-corrected chi connectivity index (χ0v) is 16.2. The highest BCUT2D eigenvalue weighted by Gasteiger charge is 2.20. The lowest BCUT2D eigenvalue weighted by Crippen LogP contribution is -2.32. The predicted molar refractivity (Wildman–Crippen MR) is 103 cm³/mol. The van der Waals surface area contributed by atoms with Crippen LogP contribution in [0.4, 0.5) is 15.8 Å². The molecule has 2 rings (SSSR count). The third kappa shape index (κ3) is 5.59. The van der Waals surface area contributed by atoms with Gasteiger partial charge in [0.05, 0.1) is 22.7 Å². The summed E-state index contributed by atoms with van der Waals surface area (Å²) in [6.07, 6.45) is 1.22. The number of sulfonamides is 1. The van der Waals surface area contributed by atoms with Crippen LogP contribution in [-0.4, -0.2) is 27.1 Å². The molecule has 9 heteroatoms. The van der Waals surface area contributed by atoms with Crippen LogP contribution in [0.15, 0.2) is 42.5 Å². The van der Waals surface area contributed by atoms with E-state index in [1.807, 2.05) is 0 Å². The van der Waals surface area contributed by atoms with Crippen LogP contribution >= 0.6 is 23.2 Å². The van der Waals surface area contributed by atoms with Gasteiger partial charge >= 0.3 is 0 Å². The molecule has 0 unspecified atom stereocenters. The first kappa shape index (κ1) is 20.5. The molecule has 140 valence electrons. The van der Waals surface area contributed by atoms with Crippen molar-refractivity contribution in [3.8, 4) is 0 Å². The Morgan fingerprint density at radius 2 is 1.88 bits per heavy atom. The first-order valence-corrected chi connectivity index (χ1v) is 10.3. The number of amides is 1. The molecule has 0 aromatic heterocycles. The van der Waals surface area contributed by atoms with Gasteiger partial charge in [0.1, 0.15) is 5.82 Å². The third-order valence-electron chi connectivity index (χ3n) is 3.49. The van der Waals surface area contributed by atoms with E-state index in [0.717, 1.165) is 10.6 Å². The van der Waals surface area contributed by atoms with E-state index < -0.39 is 15.8 Å². The van der Waals surface area contributed by atoms with E-state index in [-0.39, 0.29) is 31.0 Å². The second kappa shape index (κ2) is 8.70. The molecule has 0 spiro atoms. The van der Waals surface area contributed by atoms with Crippen molar-refractivity contribution in [2.24, 2.45) is 0 Å². The number of carbonyl (C=O) groups excluding carboxylic acids is 1. The van der Waals surface area contributed by atoms with Crippen LogP contribution in [0, 0.1) is 5.82 Å². The van der Waals surface area contributed by atoms with Gasteiger partial charge in [-0.1, -0.05) is 35.3 Å². The Morgan fingerprint density at radius 3 is 2.54 bits per heavy atom. The SMILES string of the molecule is CS(=O)(=O)N(CCCC(=O)Nc1cc(Cl)ccc1Cl)c1ccccc1F. The average molecular weight is 419 g/mol. The summed E-state index contributed by atoms with van der Waals surface area (Å²) < 4.78 is 38.8. The van der Waals surface area contributed by atoms with Crippen LogP contribution in [-0.2, 0) is 14.8 Å². The van der Waals surface area contributed by atoms with E-state index in [1.165, 1.54) is 24.3 Å². The molecular weight excluding hydrogens is 402 g/mol. The lowest BCUT2D eigenvalue weighted by atomic mass is 10.2. The standard InChI is InChI=1S/C17H17Cl2FN2O3S/c1-26(24,25)22(16-6-3-2-5-14(16)20)10-4-7-17(23)21-15-11-12(18)8-9-13(15)19/h2-3,5-6,8-9,11H,4,7,10H2,1H3,(H,21,23). The van der Waals surface area contributed by atoms with Gasteiger partial charge in [0.2, 0.25) is 15.9 Å². The van der Waals surface area contributed by atoms with Crippen LogP contribution in [0.5, 0.6) is 0 Å². The van der Waals surface area contributed by atoms with Crippen LogP contribution in [0.3, 0.4) is 0 Å². The first-order chi connectivity index (χ1) is 12.2. The fraction of sp³-hybridized carbons (Fsp3) is 0.235. The number of anilines is 2. The Kier molecular flexibility index (Phi) is 6.86. The quantitative estimate of drug-likeness (QED) is 0.727. The molecular formula is C17H17Cl2FN2O3S. The van der Waals surface area contributed by atoms with Crippen LogP contribution in [0.25, 0.3) is 0 Å². The maximum atomic E-state index is 13.9. The normalized spacial score (nSPS) is 11.2. The largest absolute Gasteiger partial charge is 0.325 e. The molecule has 1 amide bonds. The van der Waals surface area contributed by atoms with Crippen molar-refractivity contribution in [2.45, 2.75) is 12.8 Å². The number of para-hydroxylation sites is 1. The number of nitrogens with one attached hydrogen (secondary N) is 1. The Labute approximate surface area is 161 Å². The fourth-order valence-electron chi connectivity index (χ4n) is 2.31. The maximum absolute atomic E-state index is 13.9. The Balaban J connectivity index is 2.01. The lowest BCUT2D eigenvalue weighted by Gasteiger charge is -2.22. The van der Waals surface area contributed by atoms with Crippen molar-refractivity contribution in [2.75, 3.05) is 22.4 Å². The molecule has 0 radical (unpaired) electrons. The molecule has 0 atom stereocenters. The van der Waals surface area contributed by atoms with E-state index in [9.17, 15) is 17.6 Å². The van der Waals surface area contributed by atoms with Crippen molar-refractivity contribution in [3.05, 3.63) is 58.3 Å². The summed E-state index contributed by atoms with van der Waals surface area (Å²) in [5.41, 5.74) is 0.325. The smallest absolute Gasteiger partial charge is 0.232 e. The van der Waals surface area contributed by atoms with Crippen molar-refractivity contribution in [1.29, 1.82) is 0 Å². The molecule has 2 aromatic rings. The average Bonchev–Trinajstić information content (AvgIpc) is 2.55. The van der Waals surface area contributed by atoms with E-state index in [2.05, 4.69) is 5.32 Å². The molecule has 0 saturated carbocycles. The first-order valence-electron chi connectivity index (χ1n) is 7.65. The molecule has 0 heterocycles. The minimum absolute atomic E-state index is 0.0311. The van der Waals surface area contributed by atoms with Gasteiger partial charge in [0, 0.05) is 18.0 Å². The summed E-state index contributed by atoms with van der Waals surface area (Å²) in [4.78, 5) is 12.1. The number of carbonyl (C=O) groups is 1. The highest BCUT2D eigenvalue weighted by atomic mass is 35.5. The van der Waals surface area contributed by atoms with E-state index in [0.29, 0.717) is 15.7 Å². The minimum Gasteiger partial charge on any atom is -0.325 e. The molecule has 2 aromatic carbocycles. The molecule has 0 bridgehead atoms. The predicted octanol–water partition coefficient (Wildman–Crippen LogP) is 4.32. The number of halogens is 3. The Bertz CT molecular complexity index is 907. The van der Waals surface area contributed by atoms with E-state index in [1.54, 1.807) is 18.2 Å². The van der Waals surface area contributed by atoms with Gasteiger partial charge in [0.25, 0.3) is 0 Å². The van der Waals surface area contributed by atoms with Gasteiger partial charge in [0.15, 0.2) is 0 Å². The highest BCUT2D eigenvalue weighted by molar-refractivity contribution is 7.92. The number of nitrogens with zero attached hydrogens (tertiary/aromatic N) is 1. The fourth-order valence-corrected chi connectivity index (χ4v) is 3.61. The van der Waals surface area contributed by atoms with Crippen LogP contribution in [0.1, 0.15) is 12.8 Å². The summed E-state index contributed by atoms with van der Waals surface area (Å²) in [7, 11) is -3.69. The number of rotatable bonds is 7. The Morgan fingerprint density at radius 1 is 1.19 bits per heavy atom. The van der Waals surface area contributed by atoms with Gasteiger partial charge in [-0.05, 0) is 36.8 Å².